The number of esters is 1. The van der Waals surface area contributed by atoms with Crippen molar-refractivity contribution in [1.82, 2.24) is 5.32 Å². The maximum atomic E-state index is 12.1. The van der Waals surface area contributed by atoms with Gasteiger partial charge in [0.2, 0.25) is 5.91 Å². The SMILES string of the molecule is COC(=O)[C@H](Cc1ccc(-c2ccc(C(N)=O)cc2)cc1)NC(=O)OC(C)(C)C. The molecule has 0 radical (unpaired) electrons. The van der Waals surface area contributed by atoms with Crippen molar-refractivity contribution in [2.24, 2.45) is 5.73 Å². The van der Waals surface area contributed by atoms with E-state index in [1.807, 2.05) is 36.4 Å². The zero-order valence-corrected chi connectivity index (χ0v) is 17.0. The monoisotopic (exact) mass is 398 g/mol. The number of nitrogens with two attached hydrogens (primary N) is 1. The van der Waals surface area contributed by atoms with Crippen LogP contribution in [0.4, 0.5) is 4.79 Å². The molecule has 0 unspecified atom stereocenters. The molecule has 3 N–H and O–H groups in total. The van der Waals surface area contributed by atoms with E-state index in [9.17, 15) is 14.4 Å². The minimum absolute atomic E-state index is 0.257. The summed E-state index contributed by atoms with van der Waals surface area (Å²) in [5, 5.41) is 2.56. The van der Waals surface area contributed by atoms with Gasteiger partial charge in [0.05, 0.1) is 7.11 Å². The van der Waals surface area contributed by atoms with E-state index in [1.165, 1.54) is 7.11 Å². The predicted molar refractivity (Wildman–Crippen MR) is 109 cm³/mol. The number of carbonyl (C=O) groups is 3. The molecule has 0 aliphatic heterocycles. The van der Waals surface area contributed by atoms with Gasteiger partial charge in [0.15, 0.2) is 0 Å². The number of hydrogen-bond acceptors (Lipinski definition) is 5. The van der Waals surface area contributed by atoms with Gasteiger partial charge in [0, 0.05) is 12.0 Å². The third-order valence-corrected chi connectivity index (χ3v) is 4.07. The molecule has 2 aromatic carbocycles. The summed E-state index contributed by atoms with van der Waals surface area (Å²) in [6.07, 6.45) is -0.425. The summed E-state index contributed by atoms with van der Waals surface area (Å²) in [5.41, 5.74) is 7.75. The van der Waals surface area contributed by atoms with Crippen LogP contribution in [0.15, 0.2) is 48.5 Å². The van der Waals surface area contributed by atoms with Crippen LogP contribution in [0.25, 0.3) is 11.1 Å². The van der Waals surface area contributed by atoms with Gasteiger partial charge in [-0.1, -0.05) is 36.4 Å². The van der Waals surface area contributed by atoms with Gasteiger partial charge in [-0.15, -0.1) is 0 Å². The Labute approximate surface area is 170 Å². The number of amides is 2. The number of nitrogens with one attached hydrogen (secondary N) is 1. The first-order valence-corrected chi connectivity index (χ1v) is 9.15. The predicted octanol–water partition coefficient (Wildman–Crippen LogP) is 3.06. The Bertz CT molecular complexity index is 868. The second-order valence-electron chi connectivity index (χ2n) is 7.56. The zero-order valence-electron chi connectivity index (χ0n) is 17.0. The first-order valence-electron chi connectivity index (χ1n) is 9.15. The average Bonchev–Trinajstić information content (AvgIpc) is 2.66. The highest BCUT2D eigenvalue weighted by molar-refractivity contribution is 5.93. The van der Waals surface area contributed by atoms with Crippen molar-refractivity contribution in [3.8, 4) is 11.1 Å². The Balaban J connectivity index is 2.10. The number of rotatable bonds is 6. The van der Waals surface area contributed by atoms with Crippen molar-refractivity contribution in [2.45, 2.75) is 38.8 Å². The lowest BCUT2D eigenvalue weighted by Gasteiger charge is -2.22. The summed E-state index contributed by atoms with van der Waals surface area (Å²) in [4.78, 5) is 35.3. The van der Waals surface area contributed by atoms with Crippen LogP contribution < -0.4 is 11.1 Å². The average molecular weight is 398 g/mol. The topological polar surface area (TPSA) is 108 Å². The van der Waals surface area contributed by atoms with Crippen LogP contribution in [0.1, 0.15) is 36.7 Å². The summed E-state index contributed by atoms with van der Waals surface area (Å²) in [5.74, 6) is -1.03. The smallest absolute Gasteiger partial charge is 0.408 e. The molecule has 0 bridgehead atoms. The molecule has 7 heteroatoms. The lowest BCUT2D eigenvalue weighted by molar-refractivity contribution is -0.143. The van der Waals surface area contributed by atoms with Gasteiger partial charge in [0.1, 0.15) is 11.6 Å². The van der Waals surface area contributed by atoms with Crippen LogP contribution in [-0.2, 0) is 20.7 Å². The van der Waals surface area contributed by atoms with Crippen LogP contribution in [0.3, 0.4) is 0 Å². The fourth-order valence-electron chi connectivity index (χ4n) is 2.68. The minimum Gasteiger partial charge on any atom is -0.467 e. The van der Waals surface area contributed by atoms with Crippen LogP contribution in [0.5, 0.6) is 0 Å². The number of alkyl carbamates (subject to hydrolysis) is 1. The third-order valence-electron chi connectivity index (χ3n) is 4.07. The fourth-order valence-corrected chi connectivity index (χ4v) is 2.68. The molecule has 2 amide bonds. The Hall–Kier alpha value is -3.35. The largest absolute Gasteiger partial charge is 0.467 e. The maximum Gasteiger partial charge on any atom is 0.408 e. The molecule has 0 aliphatic carbocycles. The van der Waals surface area contributed by atoms with E-state index in [-0.39, 0.29) is 6.42 Å². The molecular weight excluding hydrogens is 372 g/mol. The highest BCUT2D eigenvalue weighted by Crippen LogP contribution is 2.21. The molecule has 2 rings (SSSR count). The Kier molecular flexibility index (Phi) is 6.98. The molecule has 0 spiro atoms. The Morgan fingerprint density at radius 1 is 0.966 bits per heavy atom. The van der Waals surface area contributed by atoms with Gasteiger partial charge in [0.25, 0.3) is 0 Å². The van der Waals surface area contributed by atoms with Crippen molar-refractivity contribution in [3.05, 3.63) is 59.7 Å². The van der Waals surface area contributed by atoms with Crippen molar-refractivity contribution < 1.29 is 23.9 Å². The first-order chi connectivity index (χ1) is 13.6. The molecule has 29 heavy (non-hydrogen) atoms. The molecule has 0 heterocycles. The second-order valence-corrected chi connectivity index (χ2v) is 7.56. The van der Waals surface area contributed by atoms with Gasteiger partial charge in [-0.2, -0.15) is 0 Å². The first kappa shape index (κ1) is 21.9. The maximum absolute atomic E-state index is 12.1. The Morgan fingerprint density at radius 3 is 1.93 bits per heavy atom. The van der Waals surface area contributed by atoms with Gasteiger partial charge in [-0.25, -0.2) is 9.59 Å². The number of ether oxygens (including phenoxy) is 2. The normalized spacial score (nSPS) is 12.0. The van der Waals surface area contributed by atoms with Gasteiger partial charge < -0.3 is 20.5 Å². The van der Waals surface area contributed by atoms with Gasteiger partial charge in [-0.05, 0) is 49.6 Å². The number of hydrogen-bond donors (Lipinski definition) is 2. The molecule has 154 valence electrons. The van der Waals surface area contributed by atoms with E-state index >= 15 is 0 Å². The third kappa shape index (κ3) is 6.64. The molecule has 0 saturated heterocycles. The minimum atomic E-state index is -0.865. The molecule has 1 atom stereocenters. The molecule has 2 aromatic rings. The standard InChI is InChI=1S/C22H26N2O5/c1-22(2,3)29-21(27)24-18(20(26)28-4)13-14-5-7-15(8-6-14)16-9-11-17(12-10-16)19(23)25/h5-12,18H,13H2,1-4H3,(H2,23,25)(H,24,27)/t18-/m0/s1. The van der Waals surface area contributed by atoms with Crippen molar-refractivity contribution in [2.75, 3.05) is 7.11 Å². The number of carbonyl (C=O) groups excluding carboxylic acids is 3. The van der Waals surface area contributed by atoms with Crippen LogP contribution in [0, 0.1) is 0 Å². The van der Waals surface area contributed by atoms with Crippen molar-refractivity contribution >= 4 is 18.0 Å². The van der Waals surface area contributed by atoms with Gasteiger partial charge >= 0.3 is 12.1 Å². The molecule has 7 nitrogen and oxygen atoms in total. The lowest BCUT2D eigenvalue weighted by atomic mass is 10.00. The quantitative estimate of drug-likeness (QED) is 0.727. The van der Waals surface area contributed by atoms with Crippen molar-refractivity contribution in [1.29, 1.82) is 0 Å². The van der Waals surface area contributed by atoms with E-state index in [0.717, 1.165) is 16.7 Å². The Morgan fingerprint density at radius 2 is 1.48 bits per heavy atom. The van der Waals surface area contributed by atoms with E-state index in [4.69, 9.17) is 15.2 Å². The molecule has 0 fully saturated rings. The van der Waals surface area contributed by atoms with E-state index in [2.05, 4.69) is 5.32 Å². The molecule has 0 aliphatic rings. The van der Waals surface area contributed by atoms with Crippen LogP contribution in [-0.4, -0.2) is 36.7 Å². The molecular formula is C22H26N2O5. The summed E-state index contributed by atoms with van der Waals surface area (Å²) < 4.78 is 10.0. The van der Waals surface area contributed by atoms with E-state index < -0.39 is 29.6 Å². The van der Waals surface area contributed by atoms with Crippen molar-refractivity contribution in [3.63, 3.8) is 0 Å². The lowest BCUT2D eigenvalue weighted by Crippen LogP contribution is -2.45. The number of methoxy groups -OCH3 is 1. The summed E-state index contributed by atoms with van der Waals surface area (Å²) in [7, 11) is 1.27. The van der Waals surface area contributed by atoms with Gasteiger partial charge in [-0.3, -0.25) is 4.79 Å². The zero-order chi connectivity index (χ0) is 21.6. The highest BCUT2D eigenvalue weighted by Gasteiger charge is 2.25. The summed E-state index contributed by atoms with van der Waals surface area (Å²) in [6, 6.07) is 13.6. The number of benzene rings is 2. The van der Waals surface area contributed by atoms with Crippen LogP contribution in [0.2, 0.25) is 0 Å². The van der Waals surface area contributed by atoms with E-state index in [0.29, 0.717) is 5.56 Å². The van der Waals surface area contributed by atoms with Crippen LogP contribution >= 0.6 is 0 Å². The summed E-state index contributed by atoms with van der Waals surface area (Å²) >= 11 is 0. The molecule has 0 saturated carbocycles. The molecule has 0 aromatic heterocycles. The highest BCUT2D eigenvalue weighted by atomic mass is 16.6. The number of primary amides is 1. The van der Waals surface area contributed by atoms with E-state index in [1.54, 1.807) is 32.9 Å². The fraction of sp³-hybridized carbons (Fsp3) is 0.318. The second kappa shape index (κ2) is 9.23. The summed E-state index contributed by atoms with van der Waals surface area (Å²) in [6.45, 7) is 5.23.